The summed E-state index contributed by atoms with van der Waals surface area (Å²) in [6, 6.07) is 6.47. The van der Waals surface area contributed by atoms with Crippen LogP contribution in [0, 0.1) is 5.82 Å². The standard InChI is InChI=1S/C14H14FN3OS/c15-11-4-2-1-3-10(11)13-17-9-12(20-13)14(19)18-7-5-16-6-8-18/h1-4,9,16H,5-8H2. The molecule has 1 N–H and O–H groups in total. The highest BCUT2D eigenvalue weighted by Crippen LogP contribution is 2.27. The van der Waals surface area contributed by atoms with Crippen LogP contribution in [0.4, 0.5) is 4.39 Å². The monoisotopic (exact) mass is 291 g/mol. The quantitative estimate of drug-likeness (QED) is 0.920. The van der Waals surface area contributed by atoms with Gasteiger partial charge in [0.05, 0.1) is 6.20 Å². The van der Waals surface area contributed by atoms with E-state index in [0.29, 0.717) is 28.5 Å². The zero-order valence-electron chi connectivity index (χ0n) is 10.8. The predicted molar refractivity (Wildman–Crippen MR) is 76.3 cm³/mol. The SMILES string of the molecule is O=C(c1cnc(-c2ccccc2F)s1)N1CCNCC1. The van der Waals surface area contributed by atoms with Crippen molar-refractivity contribution in [3.63, 3.8) is 0 Å². The number of piperazine rings is 1. The molecule has 0 radical (unpaired) electrons. The van der Waals surface area contributed by atoms with Gasteiger partial charge in [0.15, 0.2) is 0 Å². The lowest BCUT2D eigenvalue weighted by Gasteiger charge is -2.26. The number of nitrogens with one attached hydrogen (secondary N) is 1. The maximum Gasteiger partial charge on any atom is 0.265 e. The van der Waals surface area contributed by atoms with Gasteiger partial charge in [-0.25, -0.2) is 9.37 Å². The molecule has 1 fully saturated rings. The Balaban J connectivity index is 1.83. The fraction of sp³-hybridized carbons (Fsp3) is 0.286. The first kappa shape index (κ1) is 13.2. The van der Waals surface area contributed by atoms with E-state index in [9.17, 15) is 9.18 Å². The number of hydrogen-bond donors (Lipinski definition) is 1. The minimum absolute atomic E-state index is 0.0217. The summed E-state index contributed by atoms with van der Waals surface area (Å²) in [6.07, 6.45) is 1.54. The summed E-state index contributed by atoms with van der Waals surface area (Å²) >= 11 is 1.24. The van der Waals surface area contributed by atoms with Crippen LogP contribution in [0.2, 0.25) is 0 Å². The van der Waals surface area contributed by atoms with Gasteiger partial charge in [0.1, 0.15) is 15.7 Å². The van der Waals surface area contributed by atoms with Crippen molar-refractivity contribution in [3.05, 3.63) is 41.2 Å². The molecule has 1 amide bonds. The number of rotatable bonds is 2. The van der Waals surface area contributed by atoms with Crippen LogP contribution in [0.25, 0.3) is 10.6 Å². The third-order valence-corrected chi connectivity index (χ3v) is 4.24. The van der Waals surface area contributed by atoms with Gasteiger partial charge in [-0.05, 0) is 12.1 Å². The van der Waals surface area contributed by atoms with E-state index < -0.39 is 0 Å². The van der Waals surface area contributed by atoms with Gasteiger partial charge < -0.3 is 10.2 Å². The number of thiazole rings is 1. The van der Waals surface area contributed by atoms with Crippen LogP contribution < -0.4 is 5.32 Å². The van der Waals surface area contributed by atoms with Crippen LogP contribution in [0.1, 0.15) is 9.67 Å². The molecule has 1 saturated heterocycles. The van der Waals surface area contributed by atoms with Gasteiger partial charge in [0.25, 0.3) is 5.91 Å². The summed E-state index contributed by atoms with van der Waals surface area (Å²) in [5, 5.41) is 3.75. The van der Waals surface area contributed by atoms with Crippen molar-refractivity contribution >= 4 is 17.2 Å². The van der Waals surface area contributed by atoms with E-state index in [2.05, 4.69) is 10.3 Å². The molecule has 1 aromatic carbocycles. The van der Waals surface area contributed by atoms with E-state index in [-0.39, 0.29) is 11.7 Å². The topological polar surface area (TPSA) is 45.2 Å². The van der Waals surface area contributed by atoms with E-state index in [0.717, 1.165) is 13.1 Å². The zero-order valence-corrected chi connectivity index (χ0v) is 11.6. The Bertz CT molecular complexity index is 622. The first-order valence-corrected chi connectivity index (χ1v) is 7.28. The first-order chi connectivity index (χ1) is 9.75. The van der Waals surface area contributed by atoms with Gasteiger partial charge >= 0.3 is 0 Å². The van der Waals surface area contributed by atoms with Gasteiger partial charge in [-0.1, -0.05) is 12.1 Å². The average molecular weight is 291 g/mol. The molecule has 1 aromatic heterocycles. The lowest BCUT2D eigenvalue weighted by Crippen LogP contribution is -2.46. The third kappa shape index (κ3) is 2.57. The number of nitrogens with zero attached hydrogens (tertiary/aromatic N) is 2. The Kier molecular flexibility index (Phi) is 3.75. The smallest absolute Gasteiger partial charge is 0.265 e. The Morgan fingerprint density at radius 3 is 2.80 bits per heavy atom. The molecule has 4 nitrogen and oxygen atoms in total. The first-order valence-electron chi connectivity index (χ1n) is 6.46. The van der Waals surface area contributed by atoms with E-state index in [1.54, 1.807) is 23.1 Å². The van der Waals surface area contributed by atoms with Gasteiger partial charge in [-0.3, -0.25) is 4.79 Å². The van der Waals surface area contributed by atoms with E-state index in [4.69, 9.17) is 0 Å². The molecular formula is C14H14FN3OS. The molecule has 0 saturated carbocycles. The van der Waals surface area contributed by atoms with Crippen molar-refractivity contribution in [1.82, 2.24) is 15.2 Å². The maximum atomic E-state index is 13.7. The summed E-state index contributed by atoms with van der Waals surface area (Å²) in [5.74, 6) is -0.338. The molecule has 1 aliphatic heterocycles. The highest BCUT2D eigenvalue weighted by molar-refractivity contribution is 7.16. The number of benzene rings is 1. The highest BCUT2D eigenvalue weighted by Gasteiger charge is 2.21. The average Bonchev–Trinajstić information content (AvgIpc) is 2.97. The Morgan fingerprint density at radius 1 is 1.30 bits per heavy atom. The van der Waals surface area contributed by atoms with Gasteiger partial charge in [-0.15, -0.1) is 11.3 Å². The fourth-order valence-electron chi connectivity index (χ4n) is 2.16. The maximum absolute atomic E-state index is 13.7. The lowest BCUT2D eigenvalue weighted by atomic mass is 10.2. The Morgan fingerprint density at radius 2 is 2.05 bits per heavy atom. The predicted octanol–water partition coefficient (Wildman–Crippen LogP) is 1.99. The largest absolute Gasteiger partial charge is 0.335 e. The van der Waals surface area contributed by atoms with E-state index in [1.807, 2.05) is 0 Å². The minimum Gasteiger partial charge on any atom is -0.335 e. The molecule has 0 atom stereocenters. The van der Waals surface area contributed by atoms with Crippen LogP contribution in [0.5, 0.6) is 0 Å². The van der Waals surface area contributed by atoms with Crippen molar-refractivity contribution in [2.24, 2.45) is 0 Å². The van der Waals surface area contributed by atoms with E-state index in [1.165, 1.54) is 23.6 Å². The molecule has 3 rings (SSSR count). The lowest BCUT2D eigenvalue weighted by molar-refractivity contribution is 0.0740. The Labute approximate surface area is 120 Å². The molecule has 1 aliphatic rings. The molecular weight excluding hydrogens is 277 g/mol. The third-order valence-electron chi connectivity index (χ3n) is 3.22. The Hall–Kier alpha value is -1.79. The molecule has 20 heavy (non-hydrogen) atoms. The molecule has 2 heterocycles. The number of carbonyl (C=O) groups is 1. The second-order valence-electron chi connectivity index (χ2n) is 4.55. The van der Waals surface area contributed by atoms with Crippen LogP contribution in [0.15, 0.2) is 30.5 Å². The van der Waals surface area contributed by atoms with Crippen molar-refractivity contribution in [3.8, 4) is 10.6 Å². The van der Waals surface area contributed by atoms with Crippen LogP contribution in [-0.2, 0) is 0 Å². The van der Waals surface area contributed by atoms with Gasteiger partial charge in [-0.2, -0.15) is 0 Å². The van der Waals surface area contributed by atoms with Gasteiger partial charge in [0, 0.05) is 31.7 Å². The zero-order chi connectivity index (χ0) is 13.9. The normalized spacial score (nSPS) is 15.3. The van der Waals surface area contributed by atoms with Crippen molar-refractivity contribution in [1.29, 1.82) is 0 Å². The second kappa shape index (κ2) is 5.68. The number of hydrogen-bond acceptors (Lipinski definition) is 4. The number of carbonyl (C=O) groups excluding carboxylic acids is 1. The fourth-order valence-corrected chi connectivity index (χ4v) is 3.07. The van der Waals surface area contributed by atoms with Crippen LogP contribution in [-0.4, -0.2) is 42.0 Å². The van der Waals surface area contributed by atoms with Crippen molar-refractivity contribution in [2.75, 3.05) is 26.2 Å². The molecule has 104 valence electrons. The highest BCUT2D eigenvalue weighted by atomic mass is 32.1. The summed E-state index contributed by atoms with van der Waals surface area (Å²) in [6.45, 7) is 3.02. The summed E-state index contributed by atoms with van der Waals surface area (Å²) in [7, 11) is 0. The molecule has 0 aliphatic carbocycles. The van der Waals surface area contributed by atoms with Crippen LogP contribution >= 0.6 is 11.3 Å². The summed E-state index contributed by atoms with van der Waals surface area (Å²) < 4.78 is 13.7. The number of halogens is 1. The van der Waals surface area contributed by atoms with Crippen LogP contribution in [0.3, 0.4) is 0 Å². The number of aromatic nitrogens is 1. The van der Waals surface area contributed by atoms with E-state index >= 15 is 0 Å². The van der Waals surface area contributed by atoms with Gasteiger partial charge in [0.2, 0.25) is 0 Å². The number of amides is 1. The summed E-state index contributed by atoms with van der Waals surface area (Å²) in [5.41, 5.74) is 0.442. The molecule has 0 bridgehead atoms. The molecule has 0 spiro atoms. The molecule has 2 aromatic rings. The molecule has 6 heteroatoms. The van der Waals surface area contributed by atoms with Crippen molar-refractivity contribution in [2.45, 2.75) is 0 Å². The van der Waals surface area contributed by atoms with Crippen molar-refractivity contribution < 1.29 is 9.18 Å². The molecule has 0 unspecified atom stereocenters. The second-order valence-corrected chi connectivity index (χ2v) is 5.58. The summed E-state index contributed by atoms with van der Waals surface area (Å²) in [4.78, 5) is 18.8. The minimum atomic E-state index is -0.317.